The Hall–Kier alpha value is -1.51. The number of para-hydroxylation sites is 1. The van der Waals surface area contributed by atoms with E-state index in [-0.39, 0.29) is 29.9 Å². The van der Waals surface area contributed by atoms with Crippen LogP contribution in [0, 0.1) is 5.92 Å². The molecule has 1 fully saturated rings. The number of nitrogens with zero attached hydrogens (tertiary/aromatic N) is 3. The molecule has 6 nitrogen and oxygen atoms in total. The lowest BCUT2D eigenvalue weighted by Crippen LogP contribution is -2.53. The van der Waals surface area contributed by atoms with Gasteiger partial charge in [0.25, 0.3) is 0 Å². The fraction of sp³-hybridized carbons (Fsp3) is 0.600. The van der Waals surface area contributed by atoms with Crippen LogP contribution in [-0.4, -0.2) is 61.0 Å². The Morgan fingerprint density at radius 3 is 2.41 bits per heavy atom. The second kappa shape index (κ2) is 12.0. The van der Waals surface area contributed by atoms with E-state index in [1.165, 1.54) is 0 Å². The molecule has 1 aromatic carbocycles. The lowest BCUT2D eigenvalue weighted by molar-refractivity contribution is -0.130. The number of aliphatic imine (C=N–C) groups is 1. The maximum atomic E-state index is 11.5. The first kappa shape index (κ1) is 23.5. The molecule has 1 amide bonds. The van der Waals surface area contributed by atoms with Crippen molar-refractivity contribution < 1.29 is 9.53 Å². The molecule has 7 heteroatoms. The topological polar surface area (TPSA) is 57.2 Å². The monoisotopic (exact) mass is 488 g/mol. The van der Waals surface area contributed by atoms with Gasteiger partial charge in [-0.05, 0) is 18.9 Å². The fourth-order valence-corrected chi connectivity index (χ4v) is 2.85. The summed E-state index contributed by atoms with van der Waals surface area (Å²) in [5.41, 5.74) is 1.09. The number of guanidine groups is 1. The molecule has 27 heavy (non-hydrogen) atoms. The van der Waals surface area contributed by atoms with Gasteiger partial charge in [-0.1, -0.05) is 32.0 Å². The van der Waals surface area contributed by atoms with Crippen LogP contribution in [0.5, 0.6) is 5.75 Å². The first-order valence-corrected chi connectivity index (χ1v) is 9.50. The van der Waals surface area contributed by atoms with Gasteiger partial charge in [-0.3, -0.25) is 4.79 Å². The maximum absolute atomic E-state index is 11.5. The smallest absolute Gasteiger partial charge is 0.219 e. The van der Waals surface area contributed by atoms with Crippen LogP contribution in [0.15, 0.2) is 29.3 Å². The summed E-state index contributed by atoms with van der Waals surface area (Å²) in [6.45, 7) is 13.2. The first-order chi connectivity index (χ1) is 12.5. The third kappa shape index (κ3) is 7.56. The van der Waals surface area contributed by atoms with Gasteiger partial charge in [-0.15, -0.1) is 24.0 Å². The van der Waals surface area contributed by atoms with Crippen molar-refractivity contribution in [3.05, 3.63) is 29.8 Å². The molecule has 0 radical (unpaired) electrons. The highest BCUT2D eigenvalue weighted by atomic mass is 127. The molecule has 0 aromatic heterocycles. The van der Waals surface area contributed by atoms with Crippen LogP contribution in [0.25, 0.3) is 0 Å². The van der Waals surface area contributed by atoms with Crippen LogP contribution >= 0.6 is 24.0 Å². The number of hydrogen-bond acceptors (Lipinski definition) is 3. The molecule has 152 valence electrons. The Kier molecular flexibility index (Phi) is 10.5. The van der Waals surface area contributed by atoms with Crippen molar-refractivity contribution in [2.75, 3.05) is 39.3 Å². The number of piperazine rings is 1. The second-order valence-corrected chi connectivity index (χ2v) is 6.98. The Morgan fingerprint density at radius 1 is 1.19 bits per heavy atom. The molecule has 0 aliphatic carbocycles. The van der Waals surface area contributed by atoms with Crippen LogP contribution in [0.2, 0.25) is 0 Å². The zero-order valence-electron chi connectivity index (χ0n) is 16.9. The quantitative estimate of drug-likeness (QED) is 0.380. The summed E-state index contributed by atoms with van der Waals surface area (Å²) in [6, 6.07) is 8.09. The summed E-state index contributed by atoms with van der Waals surface area (Å²) < 4.78 is 5.93. The lowest BCUT2D eigenvalue weighted by Gasteiger charge is -2.36. The van der Waals surface area contributed by atoms with Crippen LogP contribution in [-0.2, 0) is 11.3 Å². The van der Waals surface area contributed by atoms with E-state index in [1.807, 2.05) is 23.1 Å². The second-order valence-electron chi connectivity index (χ2n) is 6.98. The number of halogens is 1. The highest BCUT2D eigenvalue weighted by Gasteiger charge is 2.20. The van der Waals surface area contributed by atoms with Crippen molar-refractivity contribution in [2.24, 2.45) is 10.9 Å². The summed E-state index contributed by atoms with van der Waals surface area (Å²) in [5, 5.41) is 3.37. The average molecular weight is 488 g/mol. The van der Waals surface area contributed by atoms with Gasteiger partial charge in [0.2, 0.25) is 5.91 Å². The van der Waals surface area contributed by atoms with Gasteiger partial charge in [0.05, 0.1) is 13.2 Å². The Labute approximate surface area is 180 Å². The van der Waals surface area contributed by atoms with Crippen LogP contribution in [0.4, 0.5) is 0 Å². The predicted octanol–water partition coefficient (Wildman–Crippen LogP) is 2.97. The molecule has 0 bridgehead atoms. The van der Waals surface area contributed by atoms with Gasteiger partial charge < -0.3 is 19.9 Å². The van der Waals surface area contributed by atoms with Gasteiger partial charge >= 0.3 is 0 Å². The number of hydrogen-bond donors (Lipinski definition) is 1. The minimum atomic E-state index is 0. The normalized spacial score (nSPS) is 14.8. The number of rotatable bonds is 6. The van der Waals surface area contributed by atoms with E-state index in [9.17, 15) is 4.79 Å². The van der Waals surface area contributed by atoms with E-state index in [1.54, 1.807) is 6.92 Å². The number of carbonyl (C=O) groups is 1. The molecular weight excluding hydrogens is 455 g/mol. The van der Waals surface area contributed by atoms with E-state index in [0.717, 1.165) is 50.0 Å². The maximum Gasteiger partial charge on any atom is 0.219 e. The largest absolute Gasteiger partial charge is 0.493 e. The molecule has 1 saturated heterocycles. The van der Waals surface area contributed by atoms with Crippen molar-refractivity contribution in [3.63, 3.8) is 0 Å². The van der Waals surface area contributed by atoms with Crippen molar-refractivity contribution in [3.8, 4) is 5.75 Å². The number of nitrogens with one attached hydrogen (secondary N) is 1. The first-order valence-electron chi connectivity index (χ1n) is 9.50. The Bertz CT molecular complexity index is 614. The summed E-state index contributed by atoms with van der Waals surface area (Å²) in [5.74, 6) is 2.43. The van der Waals surface area contributed by atoms with Crippen LogP contribution in [0.1, 0.15) is 33.3 Å². The SMILES string of the molecule is CCNC(=NCc1ccccc1OCC(C)C)N1CCN(C(C)=O)CC1.I. The summed E-state index contributed by atoms with van der Waals surface area (Å²) in [4.78, 5) is 20.4. The van der Waals surface area contributed by atoms with Crippen LogP contribution < -0.4 is 10.1 Å². The average Bonchev–Trinajstić information content (AvgIpc) is 2.64. The highest BCUT2D eigenvalue weighted by molar-refractivity contribution is 14.0. The highest BCUT2D eigenvalue weighted by Crippen LogP contribution is 2.20. The number of ether oxygens (including phenoxy) is 1. The van der Waals surface area contributed by atoms with Gasteiger partial charge in [0.15, 0.2) is 5.96 Å². The van der Waals surface area contributed by atoms with Crippen molar-refractivity contribution >= 4 is 35.8 Å². The zero-order valence-corrected chi connectivity index (χ0v) is 19.2. The fourth-order valence-electron chi connectivity index (χ4n) is 2.85. The molecule has 0 unspecified atom stereocenters. The summed E-state index contributed by atoms with van der Waals surface area (Å²) in [6.07, 6.45) is 0. The zero-order chi connectivity index (χ0) is 18.9. The van der Waals surface area contributed by atoms with E-state index < -0.39 is 0 Å². The number of amides is 1. The van der Waals surface area contributed by atoms with Crippen molar-refractivity contribution in [1.82, 2.24) is 15.1 Å². The van der Waals surface area contributed by atoms with E-state index in [0.29, 0.717) is 19.1 Å². The van der Waals surface area contributed by atoms with Gasteiger partial charge in [0, 0.05) is 45.2 Å². The minimum absolute atomic E-state index is 0. The minimum Gasteiger partial charge on any atom is -0.493 e. The number of carbonyl (C=O) groups excluding carboxylic acids is 1. The Balaban J connectivity index is 0.00000364. The summed E-state index contributed by atoms with van der Waals surface area (Å²) >= 11 is 0. The van der Waals surface area contributed by atoms with Gasteiger partial charge in [-0.25, -0.2) is 4.99 Å². The van der Waals surface area contributed by atoms with Crippen molar-refractivity contribution in [1.29, 1.82) is 0 Å². The van der Waals surface area contributed by atoms with Crippen molar-refractivity contribution in [2.45, 2.75) is 34.2 Å². The van der Waals surface area contributed by atoms with E-state index in [4.69, 9.17) is 9.73 Å². The molecule has 1 N–H and O–H groups in total. The molecule has 0 spiro atoms. The molecule has 1 aromatic rings. The summed E-state index contributed by atoms with van der Waals surface area (Å²) in [7, 11) is 0. The standard InChI is InChI=1S/C20H32N4O2.HI/c1-5-21-20(24-12-10-23(11-13-24)17(4)25)22-14-18-8-6-7-9-19(18)26-15-16(2)3;/h6-9,16H,5,10-15H2,1-4H3,(H,21,22);1H. The molecule has 2 rings (SSSR count). The number of benzene rings is 1. The van der Waals surface area contributed by atoms with Gasteiger partial charge in [0.1, 0.15) is 5.75 Å². The lowest BCUT2D eigenvalue weighted by atomic mass is 10.2. The van der Waals surface area contributed by atoms with E-state index >= 15 is 0 Å². The molecule has 0 atom stereocenters. The molecular formula is C20H33IN4O2. The predicted molar refractivity (Wildman–Crippen MR) is 121 cm³/mol. The van der Waals surface area contributed by atoms with Crippen LogP contribution in [0.3, 0.4) is 0 Å². The van der Waals surface area contributed by atoms with E-state index in [2.05, 4.69) is 37.1 Å². The molecule has 0 saturated carbocycles. The molecule has 1 aliphatic rings. The Morgan fingerprint density at radius 2 is 1.81 bits per heavy atom. The molecule has 1 aliphatic heterocycles. The molecule has 1 heterocycles. The third-order valence-electron chi connectivity index (χ3n) is 4.30. The van der Waals surface area contributed by atoms with Gasteiger partial charge in [-0.2, -0.15) is 0 Å². The third-order valence-corrected chi connectivity index (χ3v) is 4.30.